The van der Waals surface area contributed by atoms with Gasteiger partial charge in [0.15, 0.2) is 11.6 Å². The molecule has 222 valence electrons. The molecule has 0 spiro atoms. The van der Waals surface area contributed by atoms with Crippen LogP contribution in [0, 0.1) is 5.82 Å². The standard InChI is InChI=1S/C31H30F4N8/c1-43-17-39-42-30(43)25-13-21(32)7-9-24(25)19-11-27(18-5-6-18)41-28(12-19)38-15-20(14-36)29-26(31(33,34)35)10-8-23(40-29)16-37-22-3-2-4-22/h7-15,17-18,22,37H,2-6,16,36H2,1H3/b20-14+,38-15+. The number of alkyl halides is 3. The maximum atomic E-state index is 14.3. The van der Waals surface area contributed by atoms with Gasteiger partial charge in [0.05, 0.1) is 17.0 Å². The van der Waals surface area contributed by atoms with Gasteiger partial charge in [0.25, 0.3) is 0 Å². The quantitative estimate of drug-likeness (QED) is 0.175. The number of aliphatic imine (C=N–C) groups is 1. The summed E-state index contributed by atoms with van der Waals surface area (Å²) >= 11 is 0. The van der Waals surface area contributed by atoms with Gasteiger partial charge in [-0.05, 0) is 73.2 Å². The fourth-order valence-corrected chi connectivity index (χ4v) is 5.05. The van der Waals surface area contributed by atoms with Crippen molar-refractivity contribution >= 4 is 17.6 Å². The van der Waals surface area contributed by atoms with Crippen molar-refractivity contribution in [3.63, 3.8) is 0 Å². The average Bonchev–Trinajstić information content (AvgIpc) is 3.72. The molecule has 2 fully saturated rings. The third kappa shape index (κ3) is 6.34. The molecule has 6 rings (SSSR count). The largest absolute Gasteiger partial charge is 0.418 e. The second-order valence-electron chi connectivity index (χ2n) is 11.0. The molecular weight excluding hydrogens is 560 g/mol. The summed E-state index contributed by atoms with van der Waals surface area (Å²) in [6.07, 6.45) is 4.38. The van der Waals surface area contributed by atoms with Crippen LogP contribution in [-0.4, -0.2) is 37.0 Å². The first kappa shape index (κ1) is 28.7. The normalized spacial score (nSPS) is 16.2. The first-order chi connectivity index (χ1) is 20.7. The Morgan fingerprint density at radius 1 is 1.07 bits per heavy atom. The second kappa shape index (κ2) is 11.7. The van der Waals surface area contributed by atoms with Crippen LogP contribution in [0.2, 0.25) is 0 Å². The van der Waals surface area contributed by atoms with E-state index in [1.807, 2.05) is 6.07 Å². The van der Waals surface area contributed by atoms with Crippen molar-refractivity contribution in [2.24, 2.45) is 17.8 Å². The lowest BCUT2D eigenvalue weighted by Crippen LogP contribution is -2.34. The van der Waals surface area contributed by atoms with Gasteiger partial charge >= 0.3 is 6.18 Å². The van der Waals surface area contributed by atoms with Crippen LogP contribution in [0.1, 0.15) is 60.7 Å². The lowest BCUT2D eigenvalue weighted by atomic mass is 9.93. The molecule has 0 amide bonds. The molecule has 3 aromatic heterocycles. The van der Waals surface area contributed by atoms with Crippen molar-refractivity contribution in [3.8, 4) is 22.5 Å². The first-order valence-corrected chi connectivity index (χ1v) is 14.1. The zero-order valence-electron chi connectivity index (χ0n) is 23.4. The molecule has 1 aromatic carbocycles. The van der Waals surface area contributed by atoms with Gasteiger partial charge in [-0.3, -0.25) is 4.98 Å². The maximum absolute atomic E-state index is 14.3. The molecule has 4 aromatic rings. The number of halogens is 4. The fourth-order valence-electron chi connectivity index (χ4n) is 5.05. The molecule has 2 saturated carbocycles. The monoisotopic (exact) mass is 590 g/mol. The third-order valence-electron chi connectivity index (χ3n) is 7.80. The second-order valence-corrected chi connectivity index (χ2v) is 11.0. The SMILES string of the molecule is Cn1cnnc1-c1cc(F)ccc1-c1cc(/N=C/C(=C\N)c2nc(CNC3CCC3)ccc2C(F)(F)F)nc(C2CC2)c1. The number of aromatic nitrogens is 5. The van der Waals surface area contributed by atoms with E-state index in [1.54, 1.807) is 23.7 Å². The van der Waals surface area contributed by atoms with Crippen molar-refractivity contribution < 1.29 is 17.6 Å². The average molecular weight is 591 g/mol. The maximum Gasteiger partial charge on any atom is 0.418 e. The van der Waals surface area contributed by atoms with Gasteiger partial charge in [-0.1, -0.05) is 12.5 Å². The number of rotatable bonds is 9. The van der Waals surface area contributed by atoms with E-state index in [9.17, 15) is 17.6 Å². The minimum atomic E-state index is -4.64. The molecule has 43 heavy (non-hydrogen) atoms. The van der Waals surface area contributed by atoms with Crippen molar-refractivity contribution in [3.05, 3.63) is 83.5 Å². The van der Waals surface area contributed by atoms with Crippen LogP contribution < -0.4 is 11.1 Å². The molecule has 0 bridgehead atoms. The summed E-state index contributed by atoms with van der Waals surface area (Å²) in [6, 6.07) is 10.8. The van der Waals surface area contributed by atoms with E-state index in [2.05, 4.69) is 30.5 Å². The highest BCUT2D eigenvalue weighted by molar-refractivity contribution is 6.10. The Bertz CT molecular complexity index is 1700. The summed E-state index contributed by atoms with van der Waals surface area (Å²) < 4.78 is 58.0. The van der Waals surface area contributed by atoms with Gasteiger partial charge in [-0.2, -0.15) is 13.2 Å². The molecule has 0 aliphatic heterocycles. The molecular formula is C31H30F4N8. The zero-order chi connectivity index (χ0) is 30.1. The topological polar surface area (TPSA) is 107 Å². The molecule has 0 atom stereocenters. The van der Waals surface area contributed by atoms with E-state index in [-0.39, 0.29) is 23.0 Å². The van der Waals surface area contributed by atoms with Crippen LogP contribution in [-0.2, 0) is 19.8 Å². The van der Waals surface area contributed by atoms with E-state index in [0.29, 0.717) is 35.2 Å². The predicted octanol–water partition coefficient (Wildman–Crippen LogP) is 6.32. The Morgan fingerprint density at radius 2 is 1.88 bits per heavy atom. The van der Waals surface area contributed by atoms with Crippen molar-refractivity contribution in [2.75, 3.05) is 0 Å². The van der Waals surface area contributed by atoms with E-state index in [0.717, 1.165) is 55.6 Å². The van der Waals surface area contributed by atoms with E-state index in [1.165, 1.54) is 30.7 Å². The van der Waals surface area contributed by atoms with Crippen molar-refractivity contribution in [2.45, 2.75) is 56.8 Å². The molecule has 2 aliphatic rings. The van der Waals surface area contributed by atoms with Gasteiger partial charge in [0, 0.05) is 54.8 Å². The summed E-state index contributed by atoms with van der Waals surface area (Å²) in [5.41, 5.74) is 7.90. The molecule has 12 heteroatoms. The molecule has 0 unspecified atom stereocenters. The van der Waals surface area contributed by atoms with Crippen LogP contribution in [0.4, 0.5) is 23.4 Å². The van der Waals surface area contributed by atoms with Gasteiger partial charge < -0.3 is 15.6 Å². The number of benzene rings is 1. The van der Waals surface area contributed by atoms with E-state index in [4.69, 9.17) is 5.73 Å². The highest BCUT2D eigenvalue weighted by Gasteiger charge is 2.35. The summed E-state index contributed by atoms with van der Waals surface area (Å²) in [4.78, 5) is 13.5. The van der Waals surface area contributed by atoms with Gasteiger partial charge in [-0.15, -0.1) is 10.2 Å². The van der Waals surface area contributed by atoms with Gasteiger partial charge in [0.1, 0.15) is 12.1 Å². The van der Waals surface area contributed by atoms with E-state index < -0.39 is 17.6 Å². The zero-order valence-corrected chi connectivity index (χ0v) is 23.4. The predicted molar refractivity (Wildman–Crippen MR) is 156 cm³/mol. The van der Waals surface area contributed by atoms with Crippen LogP contribution in [0.25, 0.3) is 28.1 Å². The molecule has 8 nitrogen and oxygen atoms in total. The summed E-state index contributed by atoms with van der Waals surface area (Å²) in [5.74, 6) is 0.584. The van der Waals surface area contributed by atoms with Crippen LogP contribution >= 0.6 is 0 Å². The molecule has 3 heterocycles. The number of nitrogens with two attached hydrogens (primary N) is 1. The Hall–Kier alpha value is -4.45. The number of allylic oxidation sites excluding steroid dienone is 1. The molecule has 0 saturated heterocycles. The number of pyridine rings is 2. The Balaban J connectivity index is 1.37. The molecule has 0 radical (unpaired) electrons. The van der Waals surface area contributed by atoms with Crippen LogP contribution in [0.15, 0.2) is 60.0 Å². The van der Waals surface area contributed by atoms with Crippen molar-refractivity contribution in [1.29, 1.82) is 0 Å². The Kier molecular flexibility index (Phi) is 7.78. The molecule has 3 N–H and O–H groups in total. The summed E-state index contributed by atoms with van der Waals surface area (Å²) in [6.45, 7) is 0.352. The Morgan fingerprint density at radius 3 is 2.53 bits per heavy atom. The van der Waals surface area contributed by atoms with Crippen molar-refractivity contribution in [1.82, 2.24) is 30.0 Å². The lowest BCUT2D eigenvalue weighted by Gasteiger charge is -2.26. The number of nitrogens with zero attached hydrogens (tertiary/aromatic N) is 6. The van der Waals surface area contributed by atoms with E-state index >= 15 is 0 Å². The lowest BCUT2D eigenvalue weighted by molar-refractivity contribution is -0.138. The third-order valence-corrected chi connectivity index (χ3v) is 7.80. The highest BCUT2D eigenvalue weighted by Crippen LogP contribution is 2.42. The summed E-state index contributed by atoms with van der Waals surface area (Å²) in [5, 5.41) is 11.4. The smallest absolute Gasteiger partial charge is 0.404 e. The summed E-state index contributed by atoms with van der Waals surface area (Å²) in [7, 11) is 1.77. The van der Waals surface area contributed by atoms with Crippen LogP contribution in [0.3, 0.4) is 0 Å². The van der Waals surface area contributed by atoms with Crippen LogP contribution in [0.5, 0.6) is 0 Å². The van der Waals surface area contributed by atoms with Gasteiger partial charge in [0.2, 0.25) is 0 Å². The fraction of sp³-hybridized carbons (Fsp3) is 0.323. The number of aryl methyl sites for hydroxylation is 1. The Labute approximate surface area is 245 Å². The minimum absolute atomic E-state index is 0.0135. The highest BCUT2D eigenvalue weighted by atomic mass is 19.4. The number of hydrogen-bond acceptors (Lipinski definition) is 7. The number of nitrogens with one attached hydrogen (secondary N) is 1. The first-order valence-electron chi connectivity index (χ1n) is 14.1. The minimum Gasteiger partial charge on any atom is -0.404 e. The molecule has 2 aliphatic carbocycles. The number of hydrogen-bond donors (Lipinski definition) is 2. The van der Waals surface area contributed by atoms with Gasteiger partial charge in [-0.25, -0.2) is 14.4 Å².